The predicted octanol–water partition coefficient (Wildman–Crippen LogP) is 9.85. The molecule has 2 saturated heterocycles. The van der Waals surface area contributed by atoms with Gasteiger partial charge in [-0.3, -0.25) is 19.4 Å². The van der Waals surface area contributed by atoms with Crippen LogP contribution in [0.2, 0.25) is 0 Å². The van der Waals surface area contributed by atoms with Crippen molar-refractivity contribution in [1.29, 1.82) is 21.0 Å². The first kappa shape index (κ1) is 59.0. The number of amides is 2. The molecule has 22 nitrogen and oxygen atoms in total. The minimum Gasteiger partial charge on any atom is -0.458 e. The number of nitrogens with zero attached hydrogens (tertiary/aromatic N) is 10. The van der Waals surface area contributed by atoms with Gasteiger partial charge in [0.1, 0.15) is 83.6 Å². The van der Waals surface area contributed by atoms with Gasteiger partial charge in [0.25, 0.3) is 11.8 Å². The minimum absolute atomic E-state index is 0.00469. The first-order valence-corrected chi connectivity index (χ1v) is 29.7. The molecule has 2 amide bonds. The lowest BCUT2D eigenvalue weighted by molar-refractivity contribution is -0.185. The molecule has 2 fully saturated rings. The van der Waals surface area contributed by atoms with Crippen LogP contribution in [0.5, 0.6) is 11.5 Å². The van der Waals surface area contributed by atoms with Crippen LogP contribution in [0.3, 0.4) is 0 Å². The number of fused-ring (bicyclic) bond motifs is 6. The largest absolute Gasteiger partial charge is 0.458 e. The molecule has 434 valence electrons. The quantitative estimate of drug-likeness (QED) is 0.0376. The summed E-state index contributed by atoms with van der Waals surface area (Å²) in [5.74, 6) is -6.96. The number of esters is 4. The Morgan fingerprint density at radius 3 is 1.07 bits per heavy atom. The highest BCUT2D eigenvalue weighted by atomic mass is 32.2. The van der Waals surface area contributed by atoms with E-state index in [0.717, 1.165) is 46.2 Å². The second-order valence-electron chi connectivity index (χ2n) is 19.0. The van der Waals surface area contributed by atoms with E-state index in [9.17, 15) is 30.6 Å². The number of carbonyl (C=O) groups is 6. The van der Waals surface area contributed by atoms with Crippen molar-refractivity contribution in [2.75, 3.05) is 13.1 Å². The third-order valence-electron chi connectivity index (χ3n) is 13.6. The molecule has 5 aromatic carbocycles. The second kappa shape index (κ2) is 25.1. The number of carbonyl (C=O) groups excluding carboxylic acids is 6. The molecule has 88 heavy (non-hydrogen) atoms. The van der Waals surface area contributed by atoms with Crippen molar-refractivity contribution in [3.8, 4) is 56.7 Å². The molecule has 0 saturated carbocycles. The number of hydrogen-bond donors (Lipinski definition) is 0. The molecule has 26 heteroatoms. The molecule has 2 aromatic heterocycles. The fourth-order valence-corrected chi connectivity index (χ4v) is 13.6. The van der Waals surface area contributed by atoms with Crippen molar-refractivity contribution in [2.45, 2.75) is 51.5 Å². The summed E-state index contributed by atoms with van der Waals surface area (Å²) in [7, 11) is 0. The Kier molecular flexibility index (Phi) is 16.8. The summed E-state index contributed by atoms with van der Waals surface area (Å²) in [5, 5.41) is 38.5. The van der Waals surface area contributed by atoms with E-state index < -0.39 is 58.3 Å². The molecule has 0 atom stereocenters. The van der Waals surface area contributed by atoms with Crippen LogP contribution in [-0.2, 0) is 85.3 Å². The molecule has 6 heterocycles. The molecular formula is C62H40N10O12S4. The van der Waals surface area contributed by atoms with Gasteiger partial charge >= 0.3 is 35.1 Å². The molecule has 0 radical (unpaired) electrons. The Morgan fingerprint density at radius 1 is 0.500 bits per heavy atom. The van der Waals surface area contributed by atoms with E-state index in [1.807, 2.05) is 24.3 Å². The van der Waals surface area contributed by atoms with E-state index >= 15 is 19.2 Å². The van der Waals surface area contributed by atoms with Gasteiger partial charge in [0, 0.05) is 24.2 Å². The van der Waals surface area contributed by atoms with Crippen molar-refractivity contribution in [1.82, 2.24) is 19.8 Å². The van der Waals surface area contributed by atoms with Crippen LogP contribution in [0, 0.1) is 45.3 Å². The van der Waals surface area contributed by atoms with E-state index in [4.69, 9.17) is 38.4 Å². The normalized spacial score (nSPS) is 15.6. The van der Waals surface area contributed by atoms with Crippen molar-refractivity contribution >= 4 is 102 Å². The number of rotatable bonds is 16. The van der Waals surface area contributed by atoms with Crippen LogP contribution in [0.15, 0.2) is 165 Å². The molecule has 0 spiro atoms. The van der Waals surface area contributed by atoms with Crippen molar-refractivity contribution in [3.05, 3.63) is 188 Å². The summed E-state index contributed by atoms with van der Waals surface area (Å²) in [6, 6.07) is 44.3. The Bertz CT molecular complexity index is 3930. The van der Waals surface area contributed by atoms with Crippen LogP contribution in [0.4, 0.5) is 10.3 Å². The van der Waals surface area contributed by atoms with Crippen molar-refractivity contribution < 1.29 is 57.2 Å². The van der Waals surface area contributed by atoms with Gasteiger partial charge in [-0.05, 0) is 71.8 Å². The van der Waals surface area contributed by atoms with E-state index in [2.05, 4.69) is 9.98 Å². The molecule has 0 aliphatic carbocycles. The SMILES string of the molecule is CCN1C(=O)C(=Nc2nc3c(s2)-c2cc4c(cc2OC3(C(=O)OCc2ccccc2)C(=O)OCc2ccccc2)-c2sc(N=C3SC(=C(C#N)C#N)N(CC)C3=O)nc2C(C(=O)OCc2ccccc2)(C(=O)OCc2ccccc2)O4)SC1=C(C#N)C#N. The first-order chi connectivity index (χ1) is 42.8. The number of ether oxygens (including phenoxy) is 6. The average molecular weight is 1250 g/mol. The van der Waals surface area contributed by atoms with E-state index in [1.165, 1.54) is 21.9 Å². The number of thiazole rings is 2. The smallest absolute Gasteiger partial charge is 0.369 e. The zero-order valence-electron chi connectivity index (χ0n) is 45.9. The summed E-state index contributed by atoms with van der Waals surface area (Å²) in [4.78, 5) is 110. The summed E-state index contributed by atoms with van der Waals surface area (Å²) >= 11 is 3.04. The van der Waals surface area contributed by atoms with Gasteiger partial charge in [0.2, 0.25) is 10.3 Å². The third kappa shape index (κ3) is 10.9. The number of allylic oxidation sites excluding steroid dienone is 2. The molecule has 0 unspecified atom stereocenters. The fourth-order valence-electron chi connectivity index (χ4n) is 9.38. The Morgan fingerprint density at radius 2 is 0.795 bits per heavy atom. The van der Waals surface area contributed by atoms with Crippen LogP contribution in [-0.4, -0.2) is 78.6 Å². The van der Waals surface area contributed by atoms with Crippen LogP contribution in [0.1, 0.15) is 47.5 Å². The maximum atomic E-state index is 15.3. The zero-order valence-corrected chi connectivity index (χ0v) is 49.2. The minimum atomic E-state index is -2.92. The predicted molar refractivity (Wildman–Crippen MR) is 319 cm³/mol. The topological polar surface area (TPSA) is 310 Å². The van der Waals surface area contributed by atoms with E-state index in [-0.39, 0.29) is 113 Å². The molecule has 0 N–H and O–H groups in total. The number of nitriles is 4. The monoisotopic (exact) mass is 1240 g/mol. The van der Waals surface area contributed by atoms with Gasteiger partial charge < -0.3 is 28.4 Å². The summed E-state index contributed by atoms with van der Waals surface area (Å²) < 4.78 is 37.4. The third-order valence-corrected chi connectivity index (χ3v) is 17.8. The highest BCUT2D eigenvalue weighted by molar-refractivity contribution is 8.20. The Labute approximate surface area is 516 Å². The fraction of sp³-hybridized carbons (Fsp3) is 0.161. The molecule has 11 rings (SSSR count). The van der Waals surface area contributed by atoms with E-state index in [1.54, 1.807) is 135 Å². The number of hydrogen-bond acceptors (Lipinski definition) is 24. The van der Waals surface area contributed by atoms with Gasteiger partial charge in [0.15, 0.2) is 21.2 Å². The first-order valence-electron chi connectivity index (χ1n) is 26.5. The number of thioether (sulfide) groups is 2. The second-order valence-corrected chi connectivity index (χ2v) is 22.9. The van der Waals surface area contributed by atoms with E-state index in [0.29, 0.717) is 22.3 Å². The maximum Gasteiger partial charge on any atom is 0.369 e. The van der Waals surface area contributed by atoms with Gasteiger partial charge in [-0.1, -0.05) is 144 Å². The average Bonchev–Trinajstić information content (AvgIpc) is 1.36. The molecule has 4 aliphatic rings. The maximum absolute atomic E-state index is 15.3. The molecule has 7 aromatic rings. The summed E-state index contributed by atoms with van der Waals surface area (Å²) in [5.41, 5.74) is -5.20. The number of aromatic nitrogens is 2. The summed E-state index contributed by atoms with van der Waals surface area (Å²) in [6.45, 7) is 1.89. The number of benzene rings is 5. The number of aliphatic imine (C=N–C) groups is 2. The van der Waals surface area contributed by atoms with Gasteiger partial charge in [-0.25, -0.2) is 39.1 Å². The highest BCUT2D eigenvalue weighted by Crippen LogP contribution is 2.58. The lowest BCUT2D eigenvalue weighted by Gasteiger charge is -2.36. The van der Waals surface area contributed by atoms with Crippen LogP contribution in [0.25, 0.3) is 20.9 Å². The van der Waals surface area contributed by atoms with Crippen molar-refractivity contribution in [3.63, 3.8) is 0 Å². The molecule has 0 bridgehead atoms. The van der Waals surface area contributed by atoms with Gasteiger partial charge in [0.05, 0.1) is 9.75 Å². The summed E-state index contributed by atoms with van der Waals surface area (Å²) in [6.07, 6.45) is 0. The highest BCUT2D eigenvalue weighted by Gasteiger charge is 2.63. The van der Waals surface area contributed by atoms with Gasteiger partial charge in [-0.2, -0.15) is 21.0 Å². The van der Waals surface area contributed by atoms with Gasteiger partial charge in [-0.15, -0.1) is 0 Å². The molecule has 4 aliphatic heterocycles. The van der Waals surface area contributed by atoms with Crippen LogP contribution >= 0.6 is 46.2 Å². The van der Waals surface area contributed by atoms with Crippen molar-refractivity contribution in [2.24, 2.45) is 9.98 Å². The Hall–Kier alpha value is -10.7. The lowest BCUT2D eigenvalue weighted by Crippen LogP contribution is -2.53. The molecular weight excluding hydrogens is 1210 g/mol. The zero-order chi connectivity index (χ0) is 61.7. The van der Waals surface area contributed by atoms with Crippen LogP contribution < -0.4 is 9.47 Å². The lowest BCUT2D eigenvalue weighted by atomic mass is 9.89. The standard InChI is InChI=1S/C62H40N10O12S4/c1-3-71-51(73)49(87-53(71)39(27-63)28-64)69-59-67-47-45(85-59)41-25-44-42(26-43(41)83-61(47,55(75)79-31-35-17-9-5-10-18-35)56(76)80-32-36-19-11-6-12-20-36)46-48(68-60(86-46)70-50-52(74)72(4-2)54(88-50)40(29-65)30-66)62(84-44,57(77)81-33-37-21-13-7-14-22-37)58(78)82-34-38-23-15-8-16-24-38/h5-26H,3-4,31-34H2,1-2H3. The Balaban J connectivity index is 1.13.